The molecule has 0 aliphatic carbocycles. The molecule has 2 aliphatic heterocycles. The number of piperazine rings is 1. The molecule has 0 radical (unpaired) electrons. The summed E-state index contributed by atoms with van der Waals surface area (Å²) < 4.78 is 38.7. The molecule has 0 unspecified atom stereocenters. The quantitative estimate of drug-likeness (QED) is 0.851. The molecule has 0 bridgehead atoms. The van der Waals surface area contributed by atoms with Gasteiger partial charge in [-0.2, -0.15) is 4.31 Å². The molecule has 4 rings (SSSR count). The molecule has 2 aromatic rings. The van der Waals surface area contributed by atoms with Crippen LogP contribution in [-0.4, -0.2) is 52.1 Å². The zero-order valence-electron chi connectivity index (χ0n) is 15.4. The van der Waals surface area contributed by atoms with Crippen molar-refractivity contribution in [2.24, 2.45) is 0 Å². The fourth-order valence-electron chi connectivity index (χ4n) is 3.76. The highest BCUT2D eigenvalue weighted by atomic mass is 32.2. The van der Waals surface area contributed by atoms with E-state index in [-0.39, 0.29) is 4.90 Å². The van der Waals surface area contributed by atoms with Crippen LogP contribution in [0.2, 0.25) is 0 Å². The van der Waals surface area contributed by atoms with Gasteiger partial charge >= 0.3 is 0 Å². The number of hydrogen-bond acceptors (Lipinski definition) is 4. The molecule has 0 spiro atoms. The Morgan fingerprint density at radius 1 is 0.963 bits per heavy atom. The zero-order chi connectivity index (χ0) is 18.9. The van der Waals surface area contributed by atoms with Crippen LogP contribution in [0.5, 0.6) is 11.5 Å². The van der Waals surface area contributed by atoms with Gasteiger partial charge in [0.15, 0.2) is 11.5 Å². The van der Waals surface area contributed by atoms with Crippen LogP contribution in [0.15, 0.2) is 53.4 Å². The van der Waals surface area contributed by atoms with Crippen LogP contribution in [0, 0.1) is 0 Å². The molecule has 0 saturated carbocycles. The smallest absolute Gasteiger partial charge is 0.243 e. The van der Waals surface area contributed by atoms with E-state index in [1.165, 1.54) is 10.5 Å². The van der Waals surface area contributed by atoms with Gasteiger partial charge in [0.1, 0.15) is 19.3 Å². The summed E-state index contributed by atoms with van der Waals surface area (Å²) in [5, 5.41) is 0. The summed E-state index contributed by atoms with van der Waals surface area (Å²) in [6.45, 7) is 5.75. The fraction of sp³-hybridized carbons (Fsp3) is 0.400. The van der Waals surface area contributed by atoms with Crippen LogP contribution in [0.3, 0.4) is 0 Å². The first-order valence-corrected chi connectivity index (χ1v) is 10.8. The van der Waals surface area contributed by atoms with Crippen LogP contribution in [0.1, 0.15) is 18.5 Å². The van der Waals surface area contributed by atoms with Gasteiger partial charge in [-0.05, 0) is 19.1 Å². The Morgan fingerprint density at radius 3 is 2.33 bits per heavy atom. The second-order valence-corrected chi connectivity index (χ2v) is 8.94. The first-order chi connectivity index (χ1) is 13.1. The van der Waals surface area contributed by atoms with Gasteiger partial charge in [-0.25, -0.2) is 8.42 Å². The molecule has 7 heteroatoms. The molecule has 1 saturated heterocycles. The van der Waals surface area contributed by atoms with E-state index >= 15 is 0 Å². The minimum Gasteiger partial charge on any atom is -0.486 e. The van der Waals surface area contributed by atoms with Gasteiger partial charge in [0.05, 0.1) is 31.1 Å². The third-order valence-corrected chi connectivity index (χ3v) is 7.32. The first kappa shape index (κ1) is 18.3. The summed E-state index contributed by atoms with van der Waals surface area (Å²) in [4.78, 5) is 1.68. The van der Waals surface area contributed by atoms with E-state index < -0.39 is 10.0 Å². The van der Waals surface area contributed by atoms with Crippen molar-refractivity contribution < 1.29 is 22.8 Å². The zero-order valence-corrected chi connectivity index (χ0v) is 16.2. The van der Waals surface area contributed by atoms with Crippen molar-refractivity contribution in [3.8, 4) is 11.5 Å². The third kappa shape index (κ3) is 3.67. The number of hydrogen-bond donors (Lipinski definition) is 1. The average molecular weight is 389 g/mol. The predicted molar refractivity (Wildman–Crippen MR) is 102 cm³/mol. The number of nitrogens with zero attached hydrogens (tertiary/aromatic N) is 1. The molecular weight excluding hydrogens is 364 g/mol. The van der Waals surface area contributed by atoms with E-state index in [1.807, 2.05) is 18.2 Å². The summed E-state index contributed by atoms with van der Waals surface area (Å²) in [7, 11) is -3.52. The second-order valence-electron chi connectivity index (χ2n) is 7.00. The van der Waals surface area contributed by atoms with E-state index in [1.54, 1.807) is 22.5 Å². The predicted octanol–water partition coefficient (Wildman–Crippen LogP) is 1.11. The number of rotatable bonds is 4. The van der Waals surface area contributed by atoms with E-state index in [0.29, 0.717) is 43.8 Å². The van der Waals surface area contributed by atoms with Crippen LogP contribution in [-0.2, 0) is 10.0 Å². The Bertz CT molecular complexity index is 893. The normalized spacial score (nSPS) is 19.6. The van der Waals surface area contributed by atoms with Crippen molar-refractivity contribution in [1.29, 1.82) is 0 Å². The average Bonchev–Trinajstić information content (AvgIpc) is 2.73. The van der Waals surface area contributed by atoms with Gasteiger partial charge in [-0.1, -0.05) is 30.3 Å². The lowest BCUT2D eigenvalue weighted by Crippen LogP contribution is -3.14. The van der Waals surface area contributed by atoms with Crippen molar-refractivity contribution in [3.05, 3.63) is 54.1 Å². The Labute approximate surface area is 160 Å². The fourth-order valence-corrected chi connectivity index (χ4v) is 5.21. The highest BCUT2D eigenvalue weighted by Gasteiger charge is 2.33. The van der Waals surface area contributed by atoms with E-state index in [4.69, 9.17) is 9.47 Å². The van der Waals surface area contributed by atoms with Crippen molar-refractivity contribution in [2.75, 3.05) is 39.4 Å². The third-order valence-electron chi connectivity index (χ3n) is 5.43. The molecule has 6 nitrogen and oxygen atoms in total. The highest BCUT2D eigenvalue weighted by Crippen LogP contribution is 2.33. The maximum Gasteiger partial charge on any atom is 0.243 e. The number of ether oxygens (including phenoxy) is 2. The molecule has 1 N–H and O–H groups in total. The molecule has 27 heavy (non-hydrogen) atoms. The Balaban J connectivity index is 1.46. The molecule has 1 fully saturated rings. The Kier molecular flexibility index (Phi) is 5.08. The Hall–Kier alpha value is -2.09. The molecule has 144 valence electrons. The van der Waals surface area contributed by atoms with Gasteiger partial charge in [0.2, 0.25) is 10.0 Å². The highest BCUT2D eigenvalue weighted by molar-refractivity contribution is 7.89. The topological polar surface area (TPSA) is 60.3 Å². The van der Waals surface area contributed by atoms with E-state index in [2.05, 4.69) is 19.1 Å². The SMILES string of the molecule is C[C@H](c1ccccc1)[NH+]1CCN(S(=O)(=O)c2ccc3c(c2)OCCO3)CC1. The molecule has 0 amide bonds. The summed E-state index contributed by atoms with van der Waals surface area (Å²) in [6.07, 6.45) is 0. The van der Waals surface area contributed by atoms with Crippen molar-refractivity contribution in [1.82, 2.24) is 4.31 Å². The molecule has 2 aliphatic rings. The summed E-state index contributed by atoms with van der Waals surface area (Å²) in [6, 6.07) is 15.6. The number of fused-ring (bicyclic) bond motifs is 1. The van der Waals surface area contributed by atoms with Crippen molar-refractivity contribution >= 4 is 10.0 Å². The van der Waals surface area contributed by atoms with Gasteiger partial charge in [-0.3, -0.25) is 0 Å². The monoisotopic (exact) mass is 389 g/mol. The molecular formula is C20H25N2O4S+. The van der Waals surface area contributed by atoms with Crippen LogP contribution in [0.25, 0.3) is 0 Å². The molecule has 0 aromatic heterocycles. The van der Waals surface area contributed by atoms with Crippen molar-refractivity contribution in [3.63, 3.8) is 0 Å². The van der Waals surface area contributed by atoms with E-state index in [0.717, 1.165) is 13.1 Å². The standard InChI is InChI=1S/C20H24N2O4S/c1-16(17-5-3-2-4-6-17)21-9-11-22(12-10-21)27(23,24)18-7-8-19-20(15-18)26-14-13-25-19/h2-8,15-16H,9-14H2,1H3/p+1/t16-/m1/s1. The van der Waals surface area contributed by atoms with Crippen LogP contribution < -0.4 is 14.4 Å². The maximum atomic E-state index is 13.0. The minimum absolute atomic E-state index is 0.270. The van der Waals surface area contributed by atoms with Gasteiger partial charge in [-0.15, -0.1) is 0 Å². The van der Waals surface area contributed by atoms with Crippen LogP contribution >= 0.6 is 0 Å². The molecule has 2 aromatic carbocycles. The van der Waals surface area contributed by atoms with Gasteiger partial charge in [0.25, 0.3) is 0 Å². The van der Waals surface area contributed by atoms with Crippen molar-refractivity contribution in [2.45, 2.75) is 17.9 Å². The lowest BCUT2D eigenvalue weighted by Gasteiger charge is -2.35. The lowest BCUT2D eigenvalue weighted by atomic mass is 10.1. The number of nitrogens with one attached hydrogen (secondary N) is 1. The number of benzene rings is 2. The largest absolute Gasteiger partial charge is 0.486 e. The molecule has 1 atom stereocenters. The van der Waals surface area contributed by atoms with Gasteiger partial charge in [0, 0.05) is 11.6 Å². The van der Waals surface area contributed by atoms with E-state index in [9.17, 15) is 8.42 Å². The first-order valence-electron chi connectivity index (χ1n) is 9.35. The summed E-state index contributed by atoms with van der Waals surface area (Å²) in [5.74, 6) is 1.11. The summed E-state index contributed by atoms with van der Waals surface area (Å²) >= 11 is 0. The molecule has 2 heterocycles. The number of sulfonamides is 1. The second kappa shape index (κ2) is 7.50. The van der Waals surface area contributed by atoms with Gasteiger partial charge < -0.3 is 14.4 Å². The minimum atomic E-state index is -3.52. The summed E-state index contributed by atoms with van der Waals surface area (Å²) in [5.41, 5.74) is 1.29. The number of quaternary nitrogens is 1. The Morgan fingerprint density at radius 2 is 1.63 bits per heavy atom. The lowest BCUT2D eigenvalue weighted by molar-refractivity contribution is -0.933. The maximum absolute atomic E-state index is 13.0. The van der Waals surface area contributed by atoms with Crippen LogP contribution in [0.4, 0.5) is 0 Å².